The largest absolute Gasteiger partial charge is 0.493 e. The normalized spacial score (nSPS) is 13.2. The van der Waals surface area contributed by atoms with Crippen LogP contribution in [0.4, 0.5) is 0 Å². The molecule has 0 saturated heterocycles. The van der Waals surface area contributed by atoms with Gasteiger partial charge in [-0.1, -0.05) is 72.3 Å². The van der Waals surface area contributed by atoms with Gasteiger partial charge in [-0.2, -0.15) is 9.78 Å². The van der Waals surface area contributed by atoms with Crippen molar-refractivity contribution in [2.24, 2.45) is 0 Å². The fourth-order valence-electron chi connectivity index (χ4n) is 4.77. The van der Waals surface area contributed by atoms with Crippen LogP contribution in [0.25, 0.3) is 28.0 Å². The number of allylic oxidation sites excluding steroid dienone is 2. The van der Waals surface area contributed by atoms with Crippen molar-refractivity contribution in [2.45, 2.75) is 13.3 Å². The van der Waals surface area contributed by atoms with Crippen molar-refractivity contribution >= 4 is 11.5 Å². The number of carbonyl (C=O) groups excluding carboxylic acids is 1. The molecule has 0 atom stereocenters. The SMILES string of the molecule is COc1ccc(C2=C(C)Cc3c(-c4ccccc4)c(-c4ccccc4)nn3C2=O)cc1OCCN(C)C. The second-order valence-electron chi connectivity index (χ2n) is 9.47. The summed E-state index contributed by atoms with van der Waals surface area (Å²) in [5.74, 6) is 1.13. The van der Waals surface area contributed by atoms with E-state index < -0.39 is 0 Å². The van der Waals surface area contributed by atoms with E-state index in [1.165, 1.54) is 0 Å². The zero-order valence-electron chi connectivity index (χ0n) is 21.7. The van der Waals surface area contributed by atoms with Gasteiger partial charge >= 0.3 is 0 Å². The summed E-state index contributed by atoms with van der Waals surface area (Å²) in [4.78, 5) is 16.0. The van der Waals surface area contributed by atoms with Gasteiger partial charge in [-0.05, 0) is 44.3 Å². The number of nitrogens with zero attached hydrogens (tertiary/aromatic N) is 3. The van der Waals surface area contributed by atoms with Gasteiger partial charge in [0.15, 0.2) is 11.5 Å². The van der Waals surface area contributed by atoms with E-state index in [1.807, 2.05) is 87.7 Å². The van der Waals surface area contributed by atoms with Gasteiger partial charge in [0.2, 0.25) is 0 Å². The number of rotatable bonds is 8. The molecule has 0 saturated carbocycles. The minimum atomic E-state index is -0.137. The predicted octanol–water partition coefficient (Wildman–Crippen LogP) is 5.84. The Kier molecular flexibility index (Phi) is 6.93. The molecule has 3 aromatic carbocycles. The van der Waals surface area contributed by atoms with E-state index in [9.17, 15) is 4.79 Å². The zero-order chi connectivity index (χ0) is 25.9. The fourth-order valence-corrected chi connectivity index (χ4v) is 4.77. The molecule has 0 spiro atoms. The van der Waals surface area contributed by atoms with Gasteiger partial charge in [0.25, 0.3) is 5.91 Å². The van der Waals surface area contributed by atoms with Gasteiger partial charge in [-0.3, -0.25) is 4.79 Å². The van der Waals surface area contributed by atoms with Crippen LogP contribution in [-0.2, 0) is 6.42 Å². The van der Waals surface area contributed by atoms with Crippen molar-refractivity contribution in [2.75, 3.05) is 34.4 Å². The molecule has 5 rings (SSSR count). The number of benzene rings is 3. The fraction of sp³-hybridized carbons (Fsp3) is 0.226. The molecule has 2 heterocycles. The Hall–Kier alpha value is -4.16. The molecule has 0 radical (unpaired) electrons. The molecule has 188 valence electrons. The zero-order valence-corrected chi connectivity index (χ0v) is 21.7. The highest BCUT2D eigenvalue weighted by Gasteiger charge is 2.31. The van der Waals surface area contributed by atoms with Crippen LogP contribution in [0.2, 0.25) is 0 Å². The highest BCUT2D eigenvalue weighted by Crippen LogP contribution is 2.40. The number of aromatic nitrogens is 2. The van der Waals surface area contributed by atoms with Crippen LogP contribution >= 0.6 is 0 Å². The summed E-state index contributed by atoms with van der Waals surface area (Å²) in [7, 11) is 5.62. The third-order valence-electron chi connectivity index (χ3n) is 6.60. The van der Waals surface area contributed by atoms with Crippen LogP contribution in [-0.4, -0.2) is 54.9 Å². The van der Waals surface area contributed by atoms with Crippen molar-refractivity contribution in [3.63, 3.8) is 0 Å². The lowest BCUT2D eigenvalue weighted by Crippen LogP contribution is -2.23. The lowest BCUT2D eigenvalue weighted by atomic mass is 9.90. The molecule has 6 nitrogen and oxygen atoms in total. The highest BCUT2D eigenvalue weighted by atomic mass is 16.5. The molecule has 0 aliphatic carbocycles. The second-order valence-corrected chi connectivity index (χ2v) is 9.47. The van der Waals surface area contributed by atoms with Crippen molar-refractivity contribution < 1.29 is 14.3 Å². The topological polar surface area (TPSA) is 56.6 Å². The molecule has 6 heteroatoms. The molecule has 37 heavy (non-hydrogen) atoms. The first-order valence-electron chi connectivity index (χ1n) is 12.4. The molecule has 0 unspecified atom stereocenters. The maximum Gasteiger partial charge on any atom is 0.279 e. The molecule has 0 fully saturated rings. The summed E-state index contributed by atoms with van der Waals surface area (Å²) in [5, 5.41) is 4.89. The summed E-state index contributed by atoms with van der Waals surface area (Å²) in [6.45, 7) is 3.32. The number of carbonyl (C=O) groups is 1. The van der Waals surface area contributed by atoms with E-state index in [0.717, 1.165) is 45.8 Å². The van der Waals surface area contributed by atoms with Crippen LogP contribution in [0, 0.1) is 0 Å². The van der Waals surface area contributed by atoms with Crippen LogP contribution in [0.1, 0.15) is 23.0 Å². The molecule has 0 bridgehead atoms. The summed E-state index contributed by atoms with van der Waals surface area (Å²) in [5.41, 5.74) is 7.20. The second kappa shape index (κ2) is 10.4. The quantitative estimate of drug-likeness (QED) is 0.309. The first kappa shape index (κ1) is 24.5. The van der Waals surface area contributed by atoms with E-state index in [-0.39, 0.29) is 5.91 Å². The molecule has 1 aliphatic rings. The minimum Gasteiger partial charge on any atom is -0.493 e. The van der Waals surface area contributed by atoms with Crippen LogP contribution in [0.15, 0.2) is 84.4 Å². The predicted molar refractivity (Wildman–Crippen MR) is 147 cm³/mol. The number of fused-ring (bicyclic) bond motifs is 1. The summed E-state index contributed by atoms with van der Waals surface area (Å²) >= 11 is 0. The Labute approximate surface area is 217 Å². The molecular formula is C31H31N3O3. The molecule has 0 amide bonds. The molecule has 0 N–H and O–H groups in total. The van der Waals surface area contributed by atoms with E-state index >= 15 is 0 Å². The molecular weight excluding hydrogens is 462 g/mol. The third kappa shape index (κ3) is 4.80. The van der Waals surface area contributed by atoms with E-state index in [2.05, 4.69) is 17.0 Å². The van der Waals surface area contributed by atoms with Crippen molar-refractivity contribution in [1.29, 1.82) is 0 Å². The lowest BCUT2D eigenvalue weighted by Gasteiger charge is -2.21. The van der Waals surface area contributed by atoms with Crippen LogP contribution in [0.5, 0.6) is 11.5 Å². The Morgan fingerprint density at radius 1 is 0.892 bits per heavy atom. The smallest absolute Gasteiger partial charge is 0.279 e. The Bertz CT molecular complexity index is 1450. The third-order valence-corrected chi connectivity index (χ3v) is 6.60. The Balaban J connectivity index is 1.59. The first-order chi connectivity index (χ1) is 18.0. The van der Waals surface area contributed by atoms with E-state index in [1.54, 1.807) is 11.8 Å². The standard InChI is InChI=1S/C31H31N3O3/c1-21-19-25-29(22-11-7-5-8-12-22)30(23-13-9-6-10-14-23)32-34(25)31(35)28(21)24-15-16-26(36-4)27(20-24)37-18-17-33(2)3/h5-16,20H,17-19H2,1-4H3. The van der Waals surface area contributed by atoms with Gasteiger partial charge in [-0.25, -0.2) is 0 Å². The average molecular weight is 494 g/mol. The van der Waals surface area contributed by atoms with Crippen molar-refractivity contribution in [1.82, 2.24) is 14.7 Å². The van der Waals surface area contributed by atoms with Crippen molar-refractivity contribution in [3.05, 3.63) is 95.7 Å². The number of methoxy groups -OCH3 is 1. The number of likely N-dealkylation sites (N-methyl/N-ethyl adjacent to an activating group) is 1. The van der Waals surface area contributed by atoms with Crippen LogP contribution in [0.3, 0.4) is 0 Å². The average Bonchev–Trinajstić information content (AvgIpc) is 3.29. The van der Waals surface area contributed by atoms with Gasteiger partial charge in [0.05, 0.1) is 12.8 Å². The minimum absolute atomic E-state index is 0.137. The number of hydrogen-bond donors (Lipinski definition) is 0. The maximum absolute atomic E-state index is 14.0. The summed E-state index contributed by atoms with van der Waals surface area (Å²) in [6, 6.07) is 25.9. The number of hydrogen-bond acceptors (Lipinski definition) is 5. The number of ether oxygens (including phenoxy) is 2. The molecule has 1 aliphatic heterocycles. The van der Waals surface area contributed by atoms with E-state index in [4.69, 9.17) is 14.6 Å². The van der Waals surface area contributed by atoms with Crippen LogP contribution < -0.4 is 9.47 Å². The molecule has 4 aromatic rings. The summed E-state index contributed by atoms with van der Waals surface area (Å²) in [6.07, 6.45) is 0.619. The molecule has 1 aromatic heterocycles. The Morgan fingerprint density at radius 2 is 1.57 bits per heavy atom. The first-order valence-corrected chi connectivity index (χ1v) is 12.4. The van der Waals surface area contributed by atoms with Gasteiger partial charge < -0.3 is 14.4 Å². The van der Waals surface area contributed by atoms with E-state index in [0.29, 0.717) is 30.1 Å². The van der Waals surface area contributed by atoms with Gasteiger partial charge in [0, 0.05) is 29.7 Å². The monoisotopic (exact) mass is 493 g/mol. The highest BCUT2D eigenvalue weighted by molar-refractivity contribution is 6.23. The lowest BCUT2D eigenvalue weighted by molar-refractivity contribution is 0.0958. The van der Waals surface area contributed by atoms with Gasteiger partial charge in [-0.15, -0.1) is 0 Å². The van der Waals surface area contributed by atoms with Gasteiger partial charge in [0.1, 0.15) is 12.3 Å². The Morgan fingerprint density at radius 3 is 2.22 bits per heavy atom. The van der Waals surface area contributed by atoms with Crippen molar-refractivity contribution in [3.8, 4) is 33.9 Å². The summed E-state index contributed by atoms with van der Waals surface area (Å²) < 4.78 is 13.1. The maximum atomic E-state index is 14.0.